The van der Waals surface area contributed by atoms with Crippen molar-refractivity contribution < 1.29 is 0 Å². The number of benzene rings is 1. The molecule has 2 N–H and O–H groups in total. The quantitative estimate of drug-likeness (QED) is 0.285. The minimum absolute atomic E-state index is 0. The Morgan fingerprint density at radius 3 is 2.67 bits per heavy atom. The van der Waals surface area contributed by atoms with E-state index in [0.717, 1.165) is 37.6 Å². The van der Waals surface area contributed by atoms with E-state index >= 15 is 0 Å². The fourth-order valence-corrected chi connectivity index (χ4v) is 3.08. The van der Waals surface area contributed by atoms with Gasteiger partial charge in [-0.3, -0.25) is 0 Å². The number of thiazole rings is 1. The van der Waals surface area contributed by atoms with Crippen LogP contribution in [0.1, 0.15) is 35.2 Å². The minimum Gasteiger partial charge on any atom is -0.357 e. The molecule has 0 atom stereocenters. The molecule has 0 aliphatic carbocycles. The normalized spacial score (nSPS) is 11.0. The highest BCUT2D eigenvalue weighted by atomic mass is 127. The number of aliphatic imine (C=N–C) groups is 1. The van der Waals surface area contributed by atoms with Gasteiger partial charge < -0.3 is 10.6 Å². The number of nitrogens with one attached hydrogen (secondary N) is 2. The van der Waals surface area contributed by atoms with E-state index in [1.54, 1.807) is 11.3 Å². The minimum atomic E-state index is 0. The number of halogens is 1. The van der Waals surface area contributed by atoms with Gasteiger partial charge in [0.2, 0.25) is 0 Å². The van der Waals surface area contributed by atoms with Crippen LogP contribution >= 0.6 is 35.3 Å². The summed E-state index contributed by atoms with van der Waals surface area (Å²) in [4.78, 5) is 9.17. The largest absolute Gasteiger partial charge is 0.357 e. The number of guanidine groups is 1. The highest BCUT2D eigenvalue weighted by Gasteiger charge is 2.01. The van der Waals surface area contributed by atoms with Gasteiger partial charge in [-0.05, 0) is 38.3 Å². The molecule has 24 heavy (non-hydrogen) atoms. The molecular formula is C18H27IN4S. The number of aromatic nitrogens is 1. The van der Waals surface area contributed by atoms with Gasteiger partial charge in [0.25, 0.3) is 0 Å². The standard InChI is InChI=1S/C18H26N4S.HI/c1-4-19-18(21-12-16-9-6-5-8-14(16)2)20-11-7-10-17-22-15(3)13-23-17;/h5-6,8-9,13H,4,7,10-12H2,1-3H3,(H2,19,20,21);1H. The second kappa shape index (κ2) is 11.4. The number of hydrogen-bond donors (Lipinski definition) is 2. The first-order valence-electron chi connectivity index (χ1n) is 8.16. The zero-order chi connectivity index (χ0) is 16.5. The van der Waals surface area contributed by atoms with E-state index in [1.807, 2.05) is 6.92 Å². The van der Waals surface area contributed by atoms with Gasteiger partial charge in [0.1, 0.15) is 0 Å². The molecular weight excluding hydrogens is 431 g/mol. The smallest absolute Gasteiger partial charge is 0.191 e. The third-order valence-electron chi connectivity index (χ3n) is 3.54. The Morgan fingerprint density at radius 1 is 1.21 bits per heavy atom. The van der Waals surface area contributed by atoms with Crippen LogP contribution in [-0.2, 0) is 13.0 Å². The second-order valence-electron chi connectivity index (χ2n) is 5.53. The fraction of sp³-hybridized carbons (Fsp3) is 0.444. The highest BCUT2D eigenvalue weighted by molar-refractivity contribution is 14.0. The Labute approximate surface area is 166 Å². The Kier molecular flexibility index (Phi) is 9.94. The molecule has 6 heteroatoms. The molecule has 0 unspecified atom stereocenters. The molecule has 0 aliphatic rings. The van der Waals surface area contributed by atoms with E-state index in [9.17, 15) is 0 Å². The molecule has 4 nitrogen and oxygen atoms in total. The third-order valence-corrected chi connectivity index (χ3v) is 4.57. The predicted octanol–water partition coefficient (Wildman–Crippen LogP) is 4.07. The van der Waals surface area contributed by atoms with Gasteiger partial charge in [-0.1, -0.05) is 24.3 Å². The van der Waals surface area contributed by atoms with Crippen LogP contribution in [0, 0.1) is 13.8 Å². The van der Waals surface area contributed by atoms with Gasteiger partial charge in [0.05, 0.1) is 11.6 Å². The first kappa shape index (κ1) is 20.9. The van der Waals surface area contributed by atoms with Crippen LogP contribution in [0.4, 0.5) is 0 Å². The zero-order valence-corrected chi connectivity index (χ0v) is 17.8. The van der Waals surface area contributed by atoms with E-state index in [2.05, 4.69) is 64.1 Å². The van der Waals surface area contributed by atoms with Gasteiger partial charge in [-0.15, -0.1) is 35.3 Å². The SMILES string of the molecule is CCNC(=NCc1ccccc1C)NCCCc1nc(C)cs1.I. The summed E-state index contributed by atoms with van der Waals surface area (Å²) in [7, 11) is 0. The monoisotopic (exact) mass is 458 g/mol. The maximum atomic E-state index is 4.67. The van der Waals surface area contributed by atoms with Crippen molar-refractivity contribution in [2.45, 2.75) is 40.2 Å². The number of rotatable bonds is 7. The maximum Gasteiger partial charge on any atom is 0.191 e. The average Bonchev–Trinajstić information content (AvgIpc) is 2.96. The molecule has 2 rings (SSSR count). The summed E-state index contributed by atoms with van der Waals surface area (Å²) in [6.07, 6.45) is 2.07. The summed E-state index contributed by atoms with van der Waals surface area (Å²) in [6.45, 7) is 8.72. The molecule has 1 aromatic carbocycles. The first-order valence-corrected chi connectivity index (χ1v) is 9.04. The average molecular weight is 458 g/mol. The van der Waals surface area contributed by atoms with Crippen molar-refractivity contribution in [3.05, 3.63) is 51.5 Å². The molecule has 0 bridgehead atoms. The Bertz CT molecular complexity index is 639. The summed E-state index contributed by atoms with van der Waals surface area (Å²) in [5.74, 6) is 0.881. The zero-order valence-electron chi connectivity index (χ0n) is 14.6. The summed E-state index contributed by atoms with van der Waals surface area (Å²) in [5.41, 5.74) is 3.67. The van der Waals surface area contributed by atoms with Crippen LogP contribution in [0.2, 0.25) is 0 Å². The lowest BCUT2D eigenvalue weighted by Crippen LogP contribution is -2.37. The molecule has 0 radical (unpaired) electrons. The number of hydrogen-bond acceptors (Lipinski definition) is 3. The maximum absolute atomic E-state index is 4.67. The Hall–Kier alpha value is -1.15. The van der Waals surface area contributed by atoms with E-state index < -0.39 is 0 Å². The van der Waals surface area contributed by atoms with Gasteiger partial charge in [-0.25, -0.2) is 9.98 Å². The highest BCUT2D eigenvalue weighted by Crippen LogP contribution is 2.10. The fourth-order valence-electron chi connectivity index (χ4n) is 2.26. The molecule has 1 heterocycles. The van der Waals surface area contributed by atoms with Crippen molar-refractivity contribution in [1.29, 1.82) is 0 Å². The van der Waals surface area contributed by atoms with Crippen LogP contribution in [0.5, 0.6) is 0 Å². The number of nitrogens with zero attached hydrogens (tertiary/aromatic N) is 2. The summed E-state index contributed by atoms with van der Waals surface area (Å²) >= 11 is 1.74. The van der Waals surface area contributed by atoms with E-state index in [0.29, 0.717) is 6.54 Å². The lowest BCUT2D eigenvalue weighted by atomic mass is 10.1. The first-order chi connectivity index (χ1) is 11.2. The predicted molar refractivity (Wildman–Crippen MR) is 115 cm³/mol. The van der Waals surface area contributed by atoms with Crippen molar-refractivity contribution >= 4 is 41.3 Å². The molecule has 0 saturated heterocycles. The van der Waals surface area contributed by atoms with Gasteiger partial charge in [-0.2, -0.15) is 0 Å². The summed E-state index contributed by atoms with van der Waals surface area (Å²) in [5, 5.41) is 10.0. The van der Waals surface area contributed by atoms with E-state index in [-0.39, 0.29) is 24.0 Å². The topological polar surface area (TPSA) is 49.3 Å². The molecule has 0 aliphatic heterocycles. The van der Waals surface area contributed by atoms with Crippen molar-refractivity contribution in [2.75, 3.05) is 13.1 Å². The van der Waals surface area contributed by atoms with Crippen LogP contribution < -0.4 is 10.6 Å². The van der Waals surface area contributed by atoms with Crippen molar-refractivity contribution in [3.8, 4) is 0 Å². The molecule has 0 saturated carbocycles. The Morgan fingerprint density at radius 2 is 2.00 bits per heavy atom. The van der Waals surface area contributed by atoms with Gasteiger partial charge in [0.15, 0.2) is 5.96 Å². The Balaban J connectivity index is 0.00000288. The van der Waals surface area contributed by atoms with Crippen LogP contribution in [0.15, 0.2) is 34.6 Å². The summed E-state index contributed by atoms with van der Waals surface area (Å²) < 4.78 is 0. The van der Waals surface area contributed by atoms with E-state index in [1.165, 1.54) is 16.1 Å². The second-order valence-corrected chi connectivity index (χ2v) is 6.48. The van der Waals surface area contributed by atoms with Crippen molar-refractivity contribution in [1.82, 2.24) is 15.6 Å². The van der Waals surface area contributed by atoms with Gasteiger partial charge >= 0.3 is 0 Å². The molecule has 1 aromatic heterocycles. The molecule has 0 amide bonds. The molecule has 0 spiro atoms. The van der Waals surface area contributed by atoms with Crippen LogP contribution in [-0.4, -0.2) is 24.0 Å². The molecule has 0 fully saturated rings. The van der Waals surface area contributed by atoms with E-state index in [4.69, 9.17) is 0 Å². The van der Waals surface area contributed by atoms with Crippen LogP contribution in [0.25, 0.3) is 0 Å². The lowest BCUT2D eigenvalue weighted by Gasteiger charge is -2.11. The number of aryl methyl sites for hydroxylation is 3. The third kappa shape index (κ3) is 7.17. The lowest BCUT2D eigenvalue weighted by molar-refractivity contribution is 0.740. The molecule has 2 aromatic rings. The van der Waals surface area contributed by atoms with Gasteiger partial charge in [0, 0.05) is 30.6 Å². The van der Waals surface area contributed by atoms with Crippen molar-refractivity contribution in [2.24, 2.45) is 4.99 Å². The van der Waals surface area contributed by atoms with Crippen molar-refractivity contribution in [3.63, 3.8) is 0 Å². The summed E-state index contributed by atoms with van der Waals surface area (Å²) in [6, 6.07) is 8.38. The molecule has 132 valence electrons. The van der Waals surface area contributed by atoms with Crippen LogP contribution in [0.3, 0.4) is 0 Å².